The summed E-state index contributed by atoms with van der Waals surface area (Å²) in [6.07, 6.45) is 4.92. The number of H-pyrrole nitrogens is 1. The number of nitrogens with zero attached hydrogens (tertiary/aromatic N) is 7. The van der Waals surface area contributed by atoms with Crippen LogP contribution in [0.15, 0.2) is 30.9 Å². The Morgan fingerprint density at radius 1 is 1.08 bits per heavy atom. The summed E-state index contributed by atoms with van der Waals surface area (Å²) in [5, 5.41) is 12.8. The predicted octanol–water partition coefficient (Wildman–Crippen LogP) is 1.63. The molecule has 132 valence electrons. The van der Waals surface area contributed by atoms with Crippen molar-refractivity contribution in [2.24, 2.45) is 0 Å². The number of aromatic nitrogens is 8. The van der Waals surface area contributed by atoms with Gasteiger partial charge in [0.15, 0.2) is 11.5 Å². The summed E-state index contributed by atoms with van der Waals surface area (Å²) >= 11 is 0. The van der Waals surface area contributed by atoms with E-state index in [1.54, 1.807) is 37.4 Å². The third-order valence-electron chi connectivity index (χ3n) is 4.13. The fraction of sp³-hybridized carbons (Fsp3) is 0.250. The zero-order valence-corrected chi connectivity index (χ0v) is 14.4. The normalized spacial score (nSPS) is 12.3. The van der Waals surface area contributed by atoms with Gasteiger partial charge in [0.1, 0.15) is 23.9 Å². The lowest BCUT2D eigenvalue weighted by molar-refractivity contribution is 0.356. The van der Waals surface area contributed by atoms with Crippen molar-refractivity contribution < 1.29 is 9.47 Å². The largest absolute Gasteiger partial charge is 0.493 e. The number of fused-ring (bicyclic) bond motifs is 1. The van der Waals surface area contributed by atoms with Crippen molar-refractivity contribution in [2.75, 3.05) is 14.2 Å². The van der Waals surface area contributed by atoms with E-state index in [4.69, 9.17) is 9.47 Å². The minimum Gasteiger partial charge on any atom is -0.493 e. The monoisotopic (exact) mass is 352 g/mol. The van der Waals surface area contributed by atoms with Crippen LogP contribution in [0.5, 0.6) is 11.5 Å². The van der Waals surface area contributed by atoms with Crippen LogP contribution in [0.3, 0.4) is 0 Å². The minimum atomic E-state index is -0.194. The van der Waals surface area contributed by atoms with Crippen molar-refractivity contribution in [1.82, 2.24) is 40.1 Å². The number of methoxy groups -OCH3 is 2. The molecule has 1 aromatic carbocycles. The highest BCUT2D eigenvalue weighted by atomic mass is 16.5. The van der Waals surface area contributed by atoms with Crippen molar-refractivity contribution in [3.8, 4) is 23.0 Å². The Morgan fingerprint density at radius 3 is 2.62 bits per heavy atom. The molecular formula is C16H16N8O2. The molecule has 0 bridgehead atoms. The fourth-order valence-electron chi connectivity index (χ4n) is 2.79. The van der Waals surface area contributed by atoms with Crippen LogP contribution in [0.4, 0.5) is 0 Å². The number of nitrogens with one attached hydrogen (secondary N) is 1. The summed E-state index contributed by atoms with van der Waals surface area (Å²) in [7, 11) is 3.16. The number of hydrogen-bond donors (Lipinski definition) is 1. The van der Waals surface area contributed by atoms with Crippen molar-refractivity contribution in [3.05, 3.63) is 36.7 Å². The topological polar surface area (TPSA) is 117 Å². The Hall–Kier alpha value is -3.56. The van der Waals surface area contributed by atoms with E-state index in [9.17, 15) is 0 Å². The second-order valence-electron chi connectivity index (χ2n) is 5.54. The first kappa shape index (κ1) is 15.9. The van der Waals surface area contributed by atoms with Gasteiger partial charge in [0.25, 0.3) is 0 Å². The average molecular weight is 352 g/mol. The van der Waals surface area contributed by atoms with Gasteiger partial charge in [-0.2, -0.15) is 0 Å². The van der Waals surface area contributed by atoms with Crippen LogP contribution in [0.1, 0.15) is 18.8 Å². The minimum absolute atomic E-state index is 0.194. The van der Waals surface area contributed by atoms with Crippen molar-refractivity contribution >= 4 is 10.9 Å². The summed E-state index contributed by atoms with van der Waals surface area (Å²) in [5.74, 6) is 2.42. The van der Waals surface area contributed by atoms with E-state index in [1.165, 1.54) is 6.33 Å². The Kier molecular flexibility index (Phi) is 3.92. The Morgan fingerprint density at radius 2 is 1.88 bits per heavy atom. The zero-order valence-electron chi connectivity index (χ0n) is 14.4. The highest BCUT2D eigenvalue weighted by Crippen LogP contribution is 2.35. The zero-order chi connectivity index (χ0) is 18.1. The molecule has 0 radical (unpaired) electrons. The molecule has 0 fully saturated rings. The first-order chi connectivity index (χ1) is 12.7. The van der Waals surface area contributed by atoms with E-state index < -0.39 is 0 Å². The van der Waals surface area contributed by atoms with Gasteiger partial charge in [-0.05, 0) is 23.4 Å². The average Bonchev–Trinajstić information content (AvgIpc) is 3.37. The van der Waals surface area contributed by atoms with E-state index in [0.29, 0.717) is 28.5 Å². The van der Waals surface area contributed by atoms with Gasteiger partial charge < -0.3 is 14.5 Å². The van der Waals surface area contributed by atoms with Crippen LogP contribution < -0.4 is 9.47 Å². The SMILES string of the molecule is COc1cc2ncnc(-c3nnnn3C(C)c3ncc[nH]3)c2cc1OC. The lowest BCUT2D eigenvalue weighted by Crippen LogP contribution is -2.12. The van der Waals surface area contributed by atoms with E-state index in [1.807, 2.05) is 13.0 Å². The van der Waals surface area contributed by atoms with Gasteiger partial charge in [-0.3, -0.25) is 0 Å². The van der Waals surface area contributed by atoms with Gasteiger partial charge in [0.05, 0.1) is 19.7 Å². The van der Waals surface area contributed by atoms with Gasteiger partial charge in [-0.25, -0.2) is 19.6 Å². The van der Waals surface area contributed by atoms with Crippen LogP contribution in [0, 0.1) is 0 Å². The van der Waals surface area contributed by atoms with Crippen LogP contribution in [-0.4, -0.2) is 54.4 Å². The van der Waals surface area contributed by atoms with E-state index in [-0.39, 0.29) is 6.04 Å². The van der Waals surface area contributed by atoms with E-state index >= 15 is 0 Å². The molecule has 3 heterocycles. The standard InChI is InChI=1S/C16H16N8O2/c1-9(15-17-4-5-18-15)24-16(21-22-23-24)14-10-6-12(25-2)13(26-3)7-11(10)19-8-20-14/h4-9H,1-3H3,(H,17,18). The second-order valence-corrected chi connectivity index (χ2v) is 5.54. The number of benzene rings is 1. The molecule has 10 nitrogen and oxygen atoms in total. The van der Waals surface area contributed by atoms with Gasteiger partial charge in [-0.15, -0.1) is 5.10 Å². The van der Waals surface area contributed by atoms with Gasteiger partial charge in [-0.1, -0.05) is 0 Å². The summed E-state index contributed by atoms with van der Waals surface area (Å²) < 4.78 is 12.4. The molecule has 4 rings (SSSR count). The number of ether oxygens (including phenoxy) is 2. The molecule has 0 aliphatic rings. The molecular weight excluding hydrogens is 336 g/mol. The molecule has 0 spiro atoms. The van der Waals surface area contributed by atoms with E-state index in [0.717, 1.165) is 11.2 Å². The van der Waals surface area contributed by atoms with Crippen molar-refractivity contribution in [2.45, 2.75) is 13.0 Å². The molecule has 1 N–H and O–H groups in total. The molecule has 4 aromatic rings. The molecule has 0 aliphatic carbocycles. The van der Waals surface area contributed by atoms with Gasteiger partial charge >= 0.3 is 0 Å². The molecule has 0 amide bonds. The predicted molar refractivity (Wildman–Crippen MR) is 91.9 cm³/mol. The first-order valence-corrected chi connectivity index (χ1v) is 7.87. The summed E-state index contributed by atoms with van der Waals surface area (Å²) in [4.78, 5) is 16.1. The maximum absolute atomic E-state index is 5.40. The fourth-order valence-corrected chi connectivity index (χ4v) is 2.79. The van der Waals surface area contributed by atoms with Gasteiger partial charge in [0, 0.05) is 23.8 Å². The maximum atomic E-state index is 5.40. The van der Waals surface area contributed by atoms with Crippen LogP contribution in [0.25, 0.3) is 22.4 Å². The van der Waals surface area contributed by atoms with Gasteiger partial charge in [0.2, 0.25) is 5.82 Å². The quantitative estimate of drug-likeness (QED) is 0.576. The lowest BCUT2D eigenvalue weighted by atomic mass is 10.1. The Labute approximate surface area is 148 Å². The van der Waals surface area contributed by atoms with Crippen LogP contribution in [0.2, 0.25) is 0 Å². The number of rotatable bonds is 5. The third kappa shape index (κ3) is 2.51. The molecule has 0 saturated carbocycles. The highest BCUT2D eigenvalue weighted by molar-refractivity contribution is 5.92. The van der Waals surface area contributed by atoms with Crippen LogP contribution in [-0.2, 0) is 0 Å². The Balaban J connectivity index is 1.89. The maximum Gasteiger partial charge on any atom is 0.202 e. The second kappa shape index (κ2) is 6.39. The summed E-state index contributed by atoms with van der Waals surface area (Å²) in [6, 6.07) is 3.42. The Bertz CT molecular complexity index is 1040. The molecule has 0 saturated heterocycles. The summed E-state index contributed by atoms with van der Waals surface area (Å²) in [6.45, 7) is 1.95. The highest BCUT2D eigenvalue weighted by Gasteiger charge is 2.21. The van der Waals surface area contributed by atoms with Crippen molar-refractivity contribution in [1.29, 1.82) is 0 Å². The smallest absolute Gasteiger partial charge is 0.202 e. The molecule has 26 heavy (non-hydrogen) atoms. The molecule has 10 heteroatoms. The van der Waals surface area contributed by atoms with Crippen LogP contribution >= 0.6 is 0 Å². The van der Waals surface area contributed by atoms with E-state index in [2.05, 4.69) is 35.5 Å². The number of aromatic amines is 1. The number of imidazole rings is 1. The molecule has 1 unspecified atom stereocenters. The lowest BCUT2D eigenvalue weighted by Gasteiger charge is -2.13. The molecule has 3 aromatic heterocycles. The molecule has 1 atom stereocenters. The number of tetrazole rings is 1. The molecule has 0 aliphatic heterocycles. The number of hydrogen-bond acceptors (Lipinski definition) is 8. The summed E-state index contributed by atoms with van der Waals surface area (Å²) in [5.41, 5.74) is 1.30. The van der Waals surface area contributed by atoms with Crippen molar-refractivity contribution in [3.63, 3.8) is 0 Å². The third-order valence-corrected chi connectivity index (χ3v) is 4.13. The first-order valence-electron chi connectivity index (χ1n) is 7.87.